The summed E-state index contributed by atoms with van der Waals surface area (Å²) in [7, 11) is 0. The average Bonchev–Trinajstić information content (AvgIpc) is 3.27. The Bertz CT molecular complexity index is 525. The van der Waals surface area contributed by atoms with Crippen LogP contribution in [0.15, 0.2) is 0 Å². The van der Waals surface area contributed by atoms with E-state index in [4.69, 9.17) is 4.74 Å². The van der Waals surface area contributed by atoms with Gasteiger partial charge in [0.2, 0.25) is 5.91 Å². The number of fused-ring (bicyclic) bond motifs is 2. The molecule has 1 N–H and O–H groups in total. The summed E-state index contributed by atoms with van der Waals surface area (Å²) < 4.78 is 5.60. The van der Waals surface area contributed by atoms with Gasteiger partial charge in [-0.1, -0.05) is 33.1 Å². The molecular weight excluding hydrogens is 336 g/mol. The van der Waals surface area contributed by atoms with E-state index in [0.717, 1.165) is 57.8 Å². The summed E-state index contributed by atoms with van der Waals surface area (Å²) in [5.74, 6) is 1.85. The maximum absolute atomic E-state index is 13.7. The van der Waals surface area contributed by atoms with Gasteiger partial charge in [-0.05, 0) is 63.2 Å². The van der Waals surface area contributed by atoms with Gasteiger partial charge >= 0.3 is 0 Å². The molecule has 27 heavy (non-hydrogen) atoms. The number of nitrogens with one attached hydrogen (secondary N) is 1. The minimum absolute atomic E-state index is 0.104. The summed E-state index contributed by atoms with van der Waals surface area (Å²) in [5.41, 5.74) is -0.104. The highest BCUT2D eigenvalue weighted by Gasteiger charge is 2.49. The molecule has 2 saturated heterocycles. The number of hydrogen-bond acceptors (Lipinski definition) is 3. The maximum atomic E-state index is 13.7. The molecule has 4 rings (SSSR count). The van der Waals surface area contributed by atoms with Crippen molar-refractivity contribution in [3.05, 3.63) is 0 Å². The molecular formula is C23H40N2O2. The number of nitrogens with zero attached hydrogens (tertiary/aromatic N) is 1. The minimum atomic E-state index is -0.104. The molecule has 2 aliphatic carbocycles. The second kappa shape index (κ2) is 8.41. The van der Waals surface area contributed by atoms with Gasteiger partial charge in [0.15, 0.2) is 0 Å². The summed E-state index contributed by atoms with van der Waals surface area (Å²) in [6.07, 6.45) is 13.3. The zero-order valence-electron chi connectivity index (χ0n) is 17.5. The summed E-state index contributed by atoms with van der Waals surface area (Å²) in [4.78, 5) is 16.1. The first-order chi connectivity index (χ1) is 13.1. The van der Waals surface area contributed by atoms with Crippen LogP contribution in [0.25, 0.3) is 0 Å². The molecule has 0 spiro atoms. The lowest BCUT2D eigenvalue weighted by Crippen LogP contribution is -2.48. The van der Waals surface area contributed by atoms with Gasteiger partial charge in [0.1, 0.15) is 0 Å². The molecule has 2 heterocycles. The molecule has 4 heteroatoms. The third kappa shape index (κ3) is 4.07. The molecule has 6 unspecified atom stereocenters. The first-order valence-electron chi connectivity index (χ1n) is 11.8. The van der Waals surface area contributed by atoms with Crippen molar-refractivity contribution in [2.45, 2.75) is 103 Å². The van der Waals surface area contributed by atoms with E-state index < -0.39 is 0 Å². The Morgan fingerprint density at radius 3 is 2.85 bits per heavy atom. The van der Waals surface area contributed by atoms with Gasteiger partial charge in [0, 0.05) is 31.3 Å². The highest BCUT2D eigenvalue weighted by molar-refractivity contribution is 5.83. The van der Waals surface area contributed by atoms with E-state index in [9.17, 15) is 4.79 Å². The molecule has 0 radical (unpaired) electrons. The summed E-state index contributed by atoms with van der Waals surface area (Å²) in [6.45, 7) is 7.33. The number of ether oxygens (including phenoxy) is 1. The molecule has 1 amide bonds. The summed E-state index contributed by atoms with van der Waals surface area (Å²) >= 11 is 0. The minimum Gasteiger partial charge on any atom is -0.381 e. The Hall–Kier alpha value is -0.610. The Kier molecular flexibility index (Phi) is 6.13. The summed E-state index contributed by atoms with van der Waals surface area (Å²) in [6, 6.07) is 1.60. The molecule has 4 aliphatic rings. The van der Waals surface area contributed by atoms with Crippen LogP contribution in [0.5, 0.6) is 0 Å². The van der Waals surface area contributed by atoms with Gasteiger partial charge < -0.3 is 15.0 Å². The average molecular weight is 377 g/mol. The largest absolute Gasteiger partial charge is 0.381 e. The molecule has 2 bridgehead atoms. The normalized spacial score (nSPS) is 42.7. The topological polar surface area (TPSA) is 41.6 Å². The fraction of sp³-hybridized carbons (Fsp3) is 0.957. The quantitative estimate of drug-likeness (QED) is 0.802. The van der Waals surface area contributed by atoms with Crippen LogP contribution in [0.3, 0.4) is 0 Å². The lowest BCUT2D eigenvalue weighted by atomic mass is 9.81. The Morgan fingerprint density at radius 1 is 1.19 bits per heavy atom. The van der Waals surface area contributed by atoms with Crippen molar-refractivity contribution in [3.63, 3.8) is 0 Å². The molecule has 0 aromatic heterocycles. The summed E-state index contributed by atoms with van der Waals surface area (Å²) in [5, 5.41) is 3.92. The monoisotopic (exact) mass is 376 g/mol. The van der Waals surface area contributed by atoms with Crippen molar-refractivity contribution in [2.75, 3.05) is 19.8 Å². The number of hydrogen-bond donors (Lipinski definition) is 1. The number of rotatable bonds is 4. The first-order valence-corrected chi connectivity index (χ1v) is 11.8. The molecule has 0 aromatic carbocycles. The third-order valence-electron chi connectivity index (χ3n) is 8.24. The van der Waals surface area contributed by atoms with Crippen molar-refractivity contribution < 1.29 is 9.53 Å². The molecule has 0 aromatic rings. The van der Waals surface area contributed by atoms with E-state index in [1.165, 1.54) is 38.5 Å². The van der Waals surface area contributed by atoms with E-state index in [-0.39, 0.29) is 5.41 Å². The van der Waals surface area contributed by atoms with Crippen LogP contribution < -0.4 is 5.32 Å². The van der Waals surface area contributed by atoms with Crippen LogP contribution in [0.2, 0.25) is 0 Å². The van der Waals surface area contributed by atoms with E-state index in [0.29, 0.717) is 30.0 Å². The third-order valence-corrected chi connectivity index (χ3v) is 8.24. The van der Waals surface area contributed by atoms with Gasteiger partial charge in [-0.2, -0.15) is 0 Å². The van der Waals surface area contributed by atoms with E-state index in [1.54, 1.807) is 0 Å². The van der Waals surface area contributed by atoms with Gasteiger partial charge in [0.05, 0.1) is 12.0 Å². The lowest BCUT2D eigenvalue weighted by molar-refractivity contribution is -0.143. The Morgan fingerprint density at radius 2 is 2.04 bits per heavy atom. The van der Waals surface area contributed by atoms with E-state index in [2.05, 4.69) is 24.1 Å². The fourth-order valence-electron chi connectivity index (χ4n) is 6.41. The molecule has 154 valence electrons. The SMILES string of the molecule is CCC1(C(=O)N2CC3CCCCCC2C3)CCC(NC2CCOCC2C)C1. The van der Waals surface area contributed by atoms with Gasteiger partial charge in [-0.15, -0.1) is 0 Å². The second-order valence-electron chi connectivity index (χ2n) is 10.0. The van der Waals surface area contributed by atoms with Crippen LogP contribution in [-0.4, -0.2) is 48.7 Å². The Labute approximate surface area is 165 Å². The van der Waals surface area contributed by atoms with Crippen molar-refractivity contribution in [3.8, 4) is 0 Å². The Balaban J connectivity index is 1.41. The smallest absolute Gasteiger partial charge is 0.229 e. The highest BCUT2D eigenvalue weighted by atomic mass is 16.5. The molecule has 2 saturated carbocycles. The predicted octanol–water partition coefficient (Wildman–Crippen LogP) is 4.13. The van der Waals surface area contributed by atoms with Crippen LogP contribution in [0, 0.1) is 17.3 Å². The zero-order chi connectivity index (χ0) is 18.9. The van der Waals surface area contributed by atoms with Crippen LogP contribution in [0.1, 0.15) is 84.5 Å². The predicted molar refractivity (Wildman–Crippen MR) is 109 cm³/mol. The molecule has 4 nitrogen and oxygen atoms in total. The van der Waals surface area contributed by atoms with Gasteiger partial charge in [0.25, 0.3) is 0 Å². The number of carbonyl (C=O) groups is 1. The van der Waals surface area contributed by atoms with E-state index in [1.807, 2.05) is 0 Å². The van der Waals surface area contributed by atoms with Crippen LogP contribution >= 0.6 is 0 Å². The highest BCUT2D eigenvalue weighted by Crippen LogP contribution is 2.45. The number of amides is 1. The standard InChI is InChI=1S/C23H40N2O2/c1-3-23(11-9-19(14-23)24-21-10-12-27-16-17(21)2)22(26)25-15-18-7-5-4-6-8-20(25)13-18/h17-21,24H,3-16H2,1-2H3. The van der Waals surface area contributed by atoms with Crippen LogP contribution in [-0.2, 0) is 9.53 Å². The van der Waals surface area contributed by atoms with E-state index >= 15 is 0 Å². The van der Waals surface area contributed by atoms with Crippen molar-refractivity contribution >= 4 is 5.91 Å². The molecule has 2 aliphatic heterocycles. The van der Waals surface area contributed by atoms with Crippen LogP contribution in [0.4, 0.5) is 0 Å². The van der Waals surface area contributed by atoms with Crippen molar-refractivity contribution in [1.82, 2.24) is 10.2 Å². The number of carbonyl (C=O) groups excluding carboxylic acids is 1. The van der Waals surface area contributed by atoms with Gasteiger partial charge in [-0.25, -0.2) is 0 Å². The lowest BCUT2D eigenvalue weighted by Gasteiger charge is -2.36. The van der Waals surface area contributed by atoms with Gasteiger partial charge in [-0.3, -0.25) is 4.79 Å². The maximum Gasteiger partial charge on any atom is 0.229 e. The zero-order valence-corrected chi connectivity index (χ0v) is 17.5. The molecule has 4 fully saturated rings. The molecule has 6 atom stereocenters. The van der Waals surface area contributed by atoms with Crippen molar-refractivity contribution in [2.24, 2.45) is 17.3 Å². The van der Waals surface area contributed by atoms with Crippen molar-refractivity contribution in [1.29, 1.82) is 0 Å². The number of likely N-dealkylation sites (tertiary alicyclic amines) is 1. The fourth-order valence-corrected chi connectivity index (χ4v) is 6.41. The first kappa shape index (κ1) is 19.7. The second-order valence-corrected chi connectivity index (χ2v) is 10.0.